The van der Waals surface area contributed by atoms with Gasteiger partial charge in [0.25, 0.3) is 11.9 Å². The molecule has 0 aromatic carbocycles. The number of nitrogens with one attached hydrogen (secondary N) is 2. The first kappa shape index (κ1) is 19.2. The van der Waals surface area contributed by atoms with E-state index in [0.717, 1.165) is 19.3 Å². The molecule has 2 amide bonds. The van der Waals surface area contributed by atoms with E-state index >= 15 is 0 Å². The first-order chi connectivity index (χ1) is 12.1. The molecule has 1 saturated heterocycles. The Morgan fingerprint density at radius 3 is 2.88 bits per heavy atom. The number of aromatic nitrogens is 1. The summed E-state index contributed by atoms with van der Waals surface area (Å²) in [4.78, 5) is 30.7. The quantitative estimate of drug-likeness (QED) is 0.774. The minimum atomic E-state index is -0.440. The second-order valence-electron chi connectivity index (χ2n) is 6.08. The SMILES string of the molecule is CCOC(CC)C(=O)N[C@H]1CCCCN(C(=O)c2cnc(NC)o2)C1. The van der Waals surface area contributed by atoms with Crippen LogP contribution in [-0.2, 0) is 9.53 Å². The molecule has 0 aliphatic carbocycles. The number of rotatable bonds is 7. The van der Waals surface area contributed by atoms with Crippen LogP contribution in [0.5, 0.6) is 0 Å². The lowest BCUT2D eigenvalue weighted by molar-refractivity contribution is -0.133. The monoisotopic (exact) mass is 352 g/mol. The molecule has 2 heterocycles. The van der Waals surface area contributed by atoms with Crippen LogP contribution in [0, 0.1) is 0 Å². The van der Waals surface area contributed by atoms with Crippen LogP contribution < -0.4 is 10.6 Å². The number of carbonyl (C=O) groups is 2. The predicted molar refractivity (Wildman–Crippen MR) is 93.4 cm³/mol. The molecule has 8 nitrogen and oxygen atoms in total. The van der Waals surface area contributed by atoms with Gasteiger partial charge < -0.3 is 24.7 Å². The number of oxazole rings is 1. The lowest BCUT2D eigenvalue weighted by Gasteiger charge is -2.25. The molecule has 0 spiro atoms. The highest BCUT2D eigenvalue weighted by Crippen LogP contribution is 2.16. The van der Waals surface area contributed by atoms with Gasteiger partial charge in [0.1, 0.15) is 6.10 Å². The summed E-state index contributed by atoms with van der Waals surface area (Å²) in [6, 6.07) is 0.227. The van der Waals surface area contributed by atoms with Gasteiger partial charge in [-0.25, -0.2) is 4.98 Å². The molecule has 0 radical (unpaired) electrons. The number of likely N-dealkylation sites (tertiary alicyclic amines) is 1. The van der Waals surface area contributed by atoms with Gasteiger partial charge >= 0.3 is 0 Å². The highest BCUT2D eigenvalue weighted by atomic mass is 16.5. The maximum absolute atomic E-state index is 12.6. The normalized spacial score (nSPS) is 19.2. The highest BCUT2D eigenvalue weighted by Gasteiger charge is 2.27. The lowest BCUT2D eigenvalue weighted by atomic mass is 10.1. The molecule has 1 aromatic heterocycles. The molecule has 0 bridgehead atoms. The van der Waals surface area contributed by atoms with Crippen LogP contribution >= 0.6 is 0 Å². The van der Waals surface area contributed by atoms with E-state index in [9.17, 15) is 9.59 Å². The van der Waals surface area contributed by atoms with E-state index < -0.39 is 6.10 Å². The molecular formula is C17H28N4O4. The maximum Gasteiger partial charge on any atom is 0.294 e. The summed E-state index contributed by atoms with van der Waals surface area (Å²) < 4.78 is 10.8. The van der Waals surface area contributed by atoms with Gasteiger partial charge in [-0.15, -0.1) is 0 Å². The van der Waals surface area contributed by atoms with Crippen molar-refractivity contribution in [1.29, 1.82) is 0 Å². The summed E-state index contributed by atoms with van der Waals surface area (Å²) in [5, 5.41) is 5.79. The van der Waals surface area contributed by atoms with E-state index in [1.165, 1.54) is 6.20 Å². The minimum Gasteiger partial charge on any atom is -0.418 e. The molecular weight excluding hydrogens is 324 g/mol. The zero-order chi connectivity index (χ0) is 18.2. The second kappa shape index (κ2) is 9.41. The third-order valence-corrected chi connectivity index (χ3v) is 4.27. The molecule has 0 saturated carbocycles. The molecule has 140 valence electrons. The van der Waals surface area contributed by atoms with E-state index in [0.29, 0.717) is 32.1 Å². The zero-order valence-corrected chi connectivity index (χ0v) is 15.2. The summed E-state index contributed by atoms with van der Waals surface area (Å²) in [5.41, 5.74) is 0. The fourth-order valence-corrected chi connectivity index (χ4v) is 2.96. The van der Waals surface area contributed by atoms with Gasteiger partial charge in [-0.2, -0.15) is 0 Å². The molecule has 2 rings (SSSR count). The van der Waals surface area contributed by atoms with Gasteiger partial charge in [0.05, 0.1) is 6.20 Å². The van der Waals surface area contributed by atoms with Crippen molar-refractivity contribution in [2.45, 2.75) is 51.7 Å². The summed E-state index contributed by atoms with van der Waals surface area (Å²) >= 11 is 0. The average molecular weight is 352 g/mol. The summed E-state index contributed by atoms with van der Waals surface area (Å²) in [6.45, 7) is 5.40. The van der Waals surface area contributed by atoms with Gasteiger partial charge in [0, 0.05) is 32.8 Å². The van der Waals surface area contributed by atoms with E-state index in [4.69, 9.17) is 9.15 Å². The summed E-state index contributed by atoms with van der Waals surface area (Å²) in [6.07, 6.45) is 4.31. The number of ether oxygens (including phenoxy) is 1. The van der Waals surface area contributed by atoms with Gasteiger partial charge in [-0.05, 0) is 32.6 Å². The molecule has 2 N–H and O–H groups in total. The van der Waals surface area contributed by atoms with Crippen LogP contribution in [0.4, 0.5) is 6.01 Å². The molecule has 1 aliphatic heterocycles. The van der Waals surface area contributed by atoms with Gasteiger partial charge in [-0.3, -0.25) is 9.59 Å². The largest absolute Gasteiger partial charge is 0.418 e. The van der Waals surface area contributed by atoms with Gasteiger partial charge in [0.2, 0.25) is 11.7 Å². The first-order valence-electron chi connectivity index (χ1n) is 8.93. The molecule has 25 heavy (non-hydrogen) atoms. The number of amides is 2. The van der Waals surface area contributed by atoms with Crippen molar-refractivity contribution in [1.82, 2.24) is 15.2 Å². The van der Waals surface area contributed by atoms with Crippen molar-refractivity contribution in [3.63, 3.8) is 0 Å². The third kappa shape index (κ3) is 5.19. The Labute approximate surface area is 148 Å². The lowest BCUT2D eigenvalue weighted by Crippen LogP contribution is -2.48. The standard InChI is InChI=1S/C17H28N4O4/c1-4-13(24-5-2)15(22)20-12-8-6-7-9-21(11-12)16(23)14-10-19-17(18-3)25-14/h10,12-13H,4-9,11H2,1-3H3,(H,18,19)(H,20,22)/t12-,13?/m0/s1. The van der Waals surface area contributed by atoms with Crippen LogP contribution in [0.3, 0.4) is 0 Å². The topological polar surface area (TPSA) is 96.7 Å². The summed E-state index contributed by atoms with van der Waals surface area (Å²) in [5.74, 6) is -0.107. The first-order valence-corrected chi connectivity index (χ1v) is 8.93. The summed E-state index contributed by atoms with van der Waals surface area (Å²) in [7, 11) is 1.68. The van der Waals surface area contributed by atoms with E-state index in [1.54, 1.807) is 11.9 Å². The van der Waals surface area contributed by atoms with E-state index in [1.807, 2.05) is 13.8 Å². The van der Waals surface area contributed by atoms with Crippen LogP contribution in [0.25, 0.3) is 0 Å². The highest BCUT2D eigenvalue weighted by molar-refractivity contribution is 5.91. The number of hydrogen-bond donors (Lipinski definition) is 2. The van der Waals surface area contributed by atoms with Crippen LogP contribution in [0.15, 0.2) is 10.6 Å². The van der Waals surface area contributed by atoms with Crippen molar-refractivity contribution in [3.05, 3.63) is 12.0 Å². The number of nitrogens with zero attached hydrogens (tertiary/aromatic N) is 2. The smallest absolute Gasteiger partial charge is 0.294 e. The fraction of sp³-hybridized carbons (Fsp3) is 0.706. The van der Waals surface area contributed by atoms with Crippen molar-refractivity contribution < 1.29 is 18.7 Å². The Hall–Kier alpha value is -2.09. The Morgan fingerprint density at radius 2 is 2.24 bits per heavy atom. The average Bonchev–Trinajstić information content (AvgIpc) is 2.98. The molecule has 1 unspecified atom stereocenters. The van der Waals surface area contributed by atoms with Crippen molar-refractivity contribution in [2.75, 3.05) is 32.1 Å². The Balaban J connectivity index is 1.99. The number of carbonyl (C=O) groups excluding carboxylic acids is 2. The van der Waals surface area contributed by atoms with Crippen molar-refractivity contribution >= 4 is 17.8 Å². The molecule has 2 atom stereocenters. The molecule has 1 aromatic rings. The van der Waals surface area contributed by atoms with E-state index in [2.05, 4.69) is 15.6 Å². The molecule has 8 heteroatoms. The van der Waals surface area contributed by atoms with Crippen LogP contribution in [0.1, 0.15) is 50.1 Å². The predicted octanol–water partition coefficient (Wildman–Crippen LogP) is 1.64. The Morgan fingerprint density at radius 1 is 1.44 bits per heavy atom. The number of hydrogen-bond acceptors (Lipinski definition) is 6. The van der Waals surface area contributed by atoms with Crippen molar-refractivity contribution in [3.8, 4) is 0 Å². The fourth-order valence-electron chi connectivity index (χ4n) is 2.96. The van der Waals surface area contributed by atoms with Gasteiger partial charge in [0.15, 0.2) is 0 Å². The van der Waals surface area contributed by atoms with Gasteiger partial charge in [-0.1, -0.05) is 6.92 Å². The second-order valence-corrected chi connectivity index (χ2v) is 6.08. The number of anilines is 1. The van der Waals surface area contributed by atoms with Crippen molar-refractivity contribution in [2.24, 2.45) is 0 Å². The van der Waals surface area contributed by atoms with E-state index in [-0.39, 0.29) is 23.6 Å². The zero-order valence-electron chi connectivity index (χ0n) is 15.2. The Bertz CT molecular complexity index is 575. The molecule has 1 fully saturated rings. The minimum absolute atomic E-state index is 0.0832. The van der Waals surface area contributed by atoms with Crippen LogP contribution in [0.2, 0.25) is 0 Å². The Kier molecular flexibility index (Phi) is 7.24. The maximum atomic E-state index is 12.6. The molecule has 1 aliphatic rings. The third-order valence-electron chi connectivity index (χ3n) is 4.27. The van der Waals surface area contributed by atoms with Crippen LogP contribution in [-0.4, -0.2) is 60.6 Å².